The van der Waals surface area contributed by atoms with Crippen LogP contribution >= 0.6 is 15.9 Å². The molecule has 1 fully saturated rings. The lowest BCUT2D eigenvalue weighted by Gasteiger charge is -2.32. The average Bonchev–Trinajstić information content (AvgIpc) is 3.25. The minimum Gasteiger partial charge on any atom is -0.352 e. The summed E-state index contributed by atoms with van der Waals surface area (Å²) in [5.74, 6) is -0.0462. The largest absolute Gasteiger partial charge is 0.352 e. The molecule has 2 amide bonds. The van der Waals surface area contributed by atoms with E-state index in [2.05, 4.69) is 21.2 Å². The summed E-state index contributed by atoms with van der Waals surface area (Å²) in [6.07, 6.45) is 5.26. The Hall–Kier alpha value is -2.14. The van der Waals surface area contributed by atoms with Crippen molar-refractivity contribution in [3.05, 3.63) is 70.2 Å². The Labute approximate surface area is 181 Å². The minimum absolute atomic E-state index is 0.00424. The van der Waals surface area contributed by atoms with Crippen LogP contribution in [-0.4, -0.2) is 28.8 Å². The van der Waals surface area contributed by atoms with Crippen LogP contribution in [-0.2, 0) is 22.6 Å². The quantitative estimate of drug-likeness (QED) is 0.616. The number of halogens is 1. The monoisotopic (exact) mass is 456 g/mol. The Balaban J connectivity index is 1.86. The molecular formula is C24H29BrN2O2. The summed E-state index contributed by atoms with van der Waals surface area (Å²) in [4.78, 5) is 27.9. The molecule has 1 aliphatic carbocycles. The highest BCUT2D eigenvalue weighted by atomic mass is 79.9. The number of amides is 2. The van der Waals surface area contributed by atoms with Gasteiger partial charge in [0.1, 0.15) is 6.04 Å². The van der Waals surface area contributed by atoms with Crippen LogP contribution in [0.4, 0.5) is 0 Å². The molecule has 29 heavy (non-hydrogen) atoms. The molecule has 1 atom stereocenters. The molecular weight excluding hydrogens is 428 g/mol. The normalized spacial score (nSPS) is 15.1. The summed E-state index contributed by atoms with van der Waals surface area (Å²) < 4.78 is 0.995. The lowest BCUT2D eigenvalue weighted by atomic mass is 10.0. The maximum Gasteiger partial charge on any atom is 0.243 e. The standard InChI is InChI=1S/C24H29BrN2O2/c1-2-23(28)27(17-19-12-14-20(25)15-13-19)22(16-18-8-4-3-5-9-18)24(29)26-21-10-6-7-11-21/h3-5,8-9,12-15,21-22H,2,6-7,10-11,16-17H2,1H3,(H,26,29)/t22-/m0/s1. The number of nitrogens with one attached hydrogen (secondary N) is 1. The van der Waals surface area contributed by atoms with Gasteiger partial charge in [-0.2, -0.15) is 0 Å². The number of hydrogen-bond acceptors (Lipinski definition) is 2. The zero-order chi connectivity index (χ0) is 20.6. The number of carbonyl (C=O) groups excluding carboxylic acids is 2. The van der Waals surface area contributed by atoms with Crippen LogP contribution < -0.4 is 5.32 Å². The van der Waals surface area contributed by atoms with Crippen molar-refractivity contribution in [3.63, 3.8) is 0 Å². The number of nitrogens with zero attached hydrogens (tertiary/aromatic N) is 1. The summed E-state index contributed by atoms with van der Waals surface area (Å²) in [7, 11) is 0. The van der Waals surface area contributed by atoms with E-state index >= 15 is 0 Å². The van der Waals surface area contributed by atoms with Gasteiger partial charge in [-0.3, -0.25) is 9.59 Å². The lowest BCUT2D eigenvalue weighted by Crippen LogP contribution is -2.52. The first kappa shape index (κ1) is 21.6. The van der Waals surface area contributed by atoms with Crippen molar-refractivity contribution >= 4 is 27.7 Å². The highest BCUT2D eigenvalue weighted by Crippen LogP contribution is 2.21. The van der Waals surface area contributed by atoms with E-state index in [0.717, 1.165) is 41.3 Å². The molecule has 0 saturated heterocycles. The number of rotatable bonds is 8. The second-order valence-corrected chi connectivity index (χ2v) is 8.61. The maximum absolute atomic E-state index is 13.3. The third kappa shape index (κ3) is 6.17. The average molecular weight is 457 g/mol. The van der Waals surface area contributed by atoms with Crippen molar-refractivity contribution in [2.45, 2.75) is 64.1 Å². The molecule has 1 saturated carbocycles. The van der Waals surface area contributed by atoms with Gasteiger partial charge < -0.3 is 10.2 Å². The van der Waals surface area contributed by atoms with Crippen LogP contribution in [0, 0.1) is 0 Å². The molecule has 0 radical (unpaired) electrons. The van der Waals surface area contributed by atoms with Crippen molar-refractivity contribution in [2.75, 3.05) is 0 Å². The van der Waals surface area contributed by atoms with E-state index in [1.165, 1.54) is 0 Å². The second-order valence-electron chi connectivity index (χ2n) is 7.70. The predicted octanol–water partition coefficient (Wildman–Crippen LogP) is 4.86. The van der Waals surface area contributed by atoms with E-state index in [1.807, 2.05) is 61.5 Å². The van der Waals surface area contributed by atoms with E-state index in [1.54, 1.807) is 4.90 Å². The predicted molar refractivity (Wildman–Crippen MR) is 119 cm³/mol. The number of benzene rings is 2. The molecule has 0 bridgehead atoms. The van der Waals surface area contributed by atoms with Gasteiger partial charge in [0.15, 0.2) is 0 Å². The highest BCUT2D eigenvalue weighted by molar-refractivity contribution is 9.10. The first-order valence-corrected chi connectivity index (χ1v) is 11.2. The van der Waals surface area contributed by atoms with Crippen molar-refractivity contribution in [1.82, 2.24) is 10.2 Å². The van der Waals surface area contributed by atoms with Gasteiger partial charge in [0.2, 0.25) is 11.8 Å². The minimum atomic E-state index is -0.519. The Bertz CT molecular complexity index is 801. The van der Waals surface area contributed by atoms with E-state index in [9.17, 15) is 9.59 Å². The van der Waals surface area contributed by atoms with Gasteiger partial charge in [0.05, 0.1) is 0 Å². The van der Waals surface area contributed by atoms with Gasteiger partial charge in [-0.15, -0.1) is 0 Å². The van der Waals surface area contributed by atoms with Gasteiger partial charge in [0, 0.05) is 29.9 Å². The number of hydrogen-bond donors (Lipinski definition) is 1. The van der Waals surface area contributed by atoms with Crippen molar-refractivity contribution < 1.29 is 9.59 Å². The molecule has 0 spiro atoms. The van der Waals surface area contributed by atoms with E-state index < -0.39 is 6.04 Å². The molecule has 2 aromatic rings. The Morgan fingerprint density at radius 1 is 1.03 bits per heavy atom. The van der Waals surface area contributed by atoms with Crippen LogP contribution in [0.2, 0.25) is 0 Å². The summed E-state index contributed by atoms with van der Waals surface area (Å²) in [6.45, 7) is 2.28. The fourth-order valence-corrected chi connectivity index (χ4v) is 4.18. The van der Waals surface area contributed by atoms with Crippen molar-refractivity contribution in [2.24, 2.45) is 0 Å². The molecule has 0 aliphatic heterocycles. The molecule has 0 unspecified atom stereocenters. The van der Waals surface area contributed by atoms with E-state index in [-0.39, 0.29) is 17.9 Å². The van der Waals surface area contributed by atoms with Gasteiger partial charge in [-0.1, -0.05) is 78.2 Å². The van der Waals surface area contributed by atoms with E-state index in [0.29, 0.717) is 19.4 Å². The van der Waals surface area contributed by atoms with Gasteiger partial charge in [-0.05, 0) is 36.1 Å². The van der Waals surface area contributed by atoms with E-state index in [4.69, 9.17) is 0 Å². The topological polar surface area (TPSA) is 49.4 Å². The molecule has 154 valence electrons. The van der Waals surface area contributed by atoms with Crippen LogP contribution in [0.3, 0.4) is 0 Å². The fraction of sp³-hybridized carbons (Fsp3) is 0.417. The molecule has 3 rings (SSSR count). The third-order valence-corrected chi connectivity index (χ3v) is 6.07. The zero-order valence-electron chi connectivity index (χ0n) is 16.9. The summed E-state index contributed by atoms with van der Waals surface area (Å²) in [5, 5.41) is 3.21. The lowest BCUT2D eigenvalue weighted by molar-refractivity contribution is -0.141. The second kappa shape index (κ2) is 10.6. The molecule has 1 N–H and O–H groups in total. The van der Waals surface area contributed by atoms with Gasteiger partial charge in [0.25, 0.3) is 0 Å². The molecule has 0 aromatic heterocycles. The van der Waals surface area contributed by atoms with Crippen LogP contribution in [0.1, 0.15) is 50.2 Å². The zero-order valence-corrected chi connectivity index (χ0v) is 18.5. The molecule has 2 aromatic carbocycles. The molecule has 1 aliphatic rings. The third-order valence-electron chi connectivity index (χ3n) is 5.54. The van der Waals surface area contributed by atoms with Crippen molar-refractivity contribution in [3.8, 4) is 0 Å². The summed E-state index contributed by atoms with van der Waals surface area (Å²) in [5.41, 5.74) is 2.07. The van der Waals surface area contributed by atoms with Crippen LogP contribution in [0.15, 0.2) is 59.1 Å². The summed E-state index contributed by atoms with van der Waals surface area (Å²) in [6, 6.07) is 17.6. The van der Waals surface area contributed by atoms with Gasteiger partial charge in [-0.25, -0.2) is 0 Å². The summed E-state index contributed by atoms with van der Waals surface area (Å²) >= 11 is 3.45. The molecule has 4 nitrogen and oxygen atoms in total. The molecule has 0 heterocycles. The van der Waals surface area contributed by atoms with Crippen LogP contribution in [0.5, 0.6) is 0 Å². The maximum atomic E-state index is 13.3. The SMILES string of the molecule is CCC(=O)N(Cc1ccc(Br)cc1)[C@@H](Cc1ccccc1)C(=O)NC1CCCC1. The van der Waals surface area contributed by atoms with Crippen molar-refractivity contribution in [1.29, 1.82) is 0 Å². The Kier molecular flexibility index (Phi) is 7.87. The first-order valence-electron chi connectivity index (χ1n) is 10.4. The molecule has 5 heteroatoms. The number of carbonyl (C=O) groups is 2. The Morgan fingerprint density at radius 2 is 1.69 bits per heavy atom. The van der Waals surface area contributed by atoms with Gasteiger partial charge >= 0.3 is 0 Å². The first-order chi connectivity index (χ1) is 14.1. The Morgan fingerprint density at radius 3 is 2.31 bits per heavy atom. The van der Waals surface area contributed by atoms with Crippen LogP contribution in [0.25, 0.3) is 0 Å². The fourth-order valence-electron chi connectivity index (χ4n) is 3.91. The smallest absolute Gasteiger partial charge is 0.243 e. The highest BCUT2D eigenvalue weighted by Gasteiger charge is 2.31.